The molecule has 0 spiro atoms. The second-order valence-corrected chi connectivity index (χ2v) is 6.67. The number of carbonyl (C=O) groups is 1. The van der Waals surface area contributed by atoms with Gasteiger partial charge in [-0.15, -0.1) is 0 Å². The van der Waals surface area contributed by atoms with Crippen molar-refractivity contribution in [2.45, 2.75) is 58.6 Å². The molecule has 4 atom stereocenters. The van der Waals surface area contributed by atoms with Crippen molar-refractivity contribution in [3.8, 4) is 0 Å². The number of esters is 1. The zero-order chi connectivity index (χ0) is 14.0. The maximum atomic E-state index is 12.3. The van der Waals surface area contributed by atoms with Gasteiger partial charge in [0, 0.05) is 12.6 Å². The smallest absolute Gasteiger partial charge is 0.309 e. The van der Waals surface area contributed by atoms with E-state index < -0.39 is 0 Å². The minimum atomic E-state index is -0.0920. The van der Waals surface area contributed by atoms with E-state index in [1.165, 1.54) is 0 Å². The van der Waals surface area contributed by atoms with Crippen LogP contribution in [0.15, 0.2) is 0 Å². The molecule has 0 aromatic heterocycles. The highest BCUT2D eigenvalue weighted by atomic mass is 16.6. The summed E-state index contributed by atoms with van der Waals surface area (Å²) in [6.45, 7) is 7.61. The lowest BCUT2D eigenvalue weighted by Gasteiger charge is -2.45. The molecule has 1 aliphatic heterocycles. The molecule has 0 aromatic rings. The topological polar surface area (TPSA) is 61.6 Å². The lowest BCUT2D eigenvalue weighted by atomic mass is 9.61. The number of hydrogen-bond acceptors (Lipinski definition) is 4. The van der Waals surface area contributed by atoms with E-state index in [1.807, 2.05) is 0 Å². The van der Waals surface area contributed by atoms with E-state index in [0.29, 0.717) is 12.5 Å². The van der Waals surface area contributed by atoms with Crippen LogP contribution in [0.5, 0.6) is 0 Å². The Morgan fingerprint density at radius 2 is 2.11 bits per heavy atom. The van der Waals surface area contributed by atoms with E-state index in [0.717, 1.165) is 32.3 Å². The molecule has 4 nitrogen and oxygen atoms in total. The maximum absolute atomic E-state index is 12.3. The monoisotopic (exact) mass is 269 g/mol. The molecule has 1 aliphatic carbocycles. The molecule has 0 radical (unpaired) electrons. The predicted octanol–water partition coefficient (Wildman–Crippen LogP) is 2.11. The van der Waals surface area contributed by atoms with Gasteiger partial charge in [-0.25, -0.2) is 0 Å². The molecular formula is C15H27NO3. The second-order valence-electron chi connectivity index (χ2n) is 6.67. The molecule has 0 amide bonds. The molecule has 2 fully saturated rings. The fourth-order valence-corrected chi connectivity index (χ4v) is 3.32. The largest absolute Gasteiger partial charge is 0.463 e. The van der Waals surface area contributed by atoms with Crippen molar-refractivity contribution in [3.05, 3.63) is 0 Å². The van der Waals surface area contributed by atoms with Crippen LogP contribution < -0.4 is 5.73 Å². The molecule has 1 saturated carbocycles. The summed E-state index contributed by atoms with van der Waals surface area (Å²) >= 11 is 0. The first-order valence-electron chi connectivity index (χ1n) is 7.46. The van der Waals surface area contributed by atoms with Gasteiger partial charge < -0.3 is 15.2 Å². The summed E-state index contributed by atoms with van der Waals surface area (Å²) in [5.74, 6) is 0.226. The highest BCUT2D eigenvalue weighted by Crippen LogP contribution is 2.44. The Balaban J connectivity index is 1.90. The average molecular weight is 269 g/mol. The van der Waals surface area contributed by atoms with Crippen molar-refractivity contribution in [1.29, 1.82) is 0 Å². The van der Waals surface area contributed by atoms with Crippen LogP contribution in [0.2, 0.25) is 0 Å². The van der Waals surface area contributed by atoms with Gasteiger partial charge in [0.2, 0.25) is 0 Å². The molecule has 2 N–H and O–H groups in total. The number of hydrogen-bond donors (Lipinski definition) is 1. The number of ether oxygens (including phenoxy) is 2. The van der Waals surface area contributed by atoms with Crippen LogP contribution in [0, 0.1) is 17.3 Å². The zero-order valence-corrected chi connectivity index (χ0v) is 12.4. The molecule has 1 heterocycles. The molecule has 4 unspecified atom stereocenters. The van der Waals surface area contributed by atoms with E-state index in [2.05, 4.69) is 20.8 Å². The Morgan fingerprint density at radius 3 is 2.74 bits per heavy atom. The van der Waals surface area contributed by atoms with E-state index in [9.17, 15) is 4.79 Å². The quantitative estimate of drug-likeness (QED) is 0.797. The van der Waals surface area contributed by atoms with Crippen LogP contribution in [0.1, 0.15) is 46.5 Å². The van der Waals surface area contributed by atoms with Gasteiger partial charge in [0.1, 0.15) is 6.61 Å². The van der Waals surface area contributed by atoms with Crippen LogP contribution in [-0.4, -0.2) is 31.3 Å². The molecule has 110 valence electrons. The number of carbonyl (C=O) groups excluding carboxylic acids is 1. The van der Waals surface area contributed by atoms with Crippen molar-refractivity contribution in [2.24, 2.45) is 23.0 Å². The molecule has 4 heteroatoms. The third-order valence-corrected chi connectivity index (χ3v) is 5.22. The summed E-state index contributed by atoms with van der Waals surface area (Å²) in [5.41, 5.74) is 6.03. The Kier molecular flexibility index (Phi) is 4.51. The van der Waals surface area contributed by atoms with Crippen molar-refractivity contribution >= 4 is 5.97 Å². The van der Waals surface area contributed by atoms with Crippen LogP contribution in [0.4, 0.5) is 0 Å². The molecule has 0 bridgehead atoms. The van der Waals surface area contributed by atoms with Gasteiger partial charge in [-0.1, -0.05) is 20.8 Å². The van der Waals surface area contributed by atoms with Gasteiger partial charge in [-0.3, -0.25) is 4.79 Å². The highest BCUT2D eigenvalue weighted by molar-refractivity contribution is 5.73. The maximum Gasteiger partial charge on any atom is 0.309 e. The Labute approximate surface area is 116 Å². The summed E-state index contributed by atoms with van der Waals surface area (Å²) < 4.78 is 11.0. The number of rotatable bonds is 3. The van der Waals surface area contributed by atoms with Crippen molar-refractivity contribution < 1.29 is 14.3 Å². The van der Waals surface area contributed by atoms with Crippen molar-refractivity contribution in [1.82, 2.24) is 0 Å². The van der Waals surface area contributed by atoms with Gasteiger partial charge >= 0.3 is 5.97 Å². The molecule has 1 saturated heterocycles. The predicted molar refractivity (Wildman–Crippen MR) is 73.6 cm³/mol. The van der Waals surface area contributed by atoms with Crippen LogP contribution >= 0.6 is 0 Å². The van der Waals surface area contributed by atoms with Crippen molar-refractivity contribution in [2.75, 3.05) is 13.2 Å². The highest BCUT2D eigenvalue weighted by Gasteiger charge is 2.45. The summed E-state index contributed by atoms with van der Waals surface area (Å²) in [7, 11) is 0. The third kappa shape index (κ3) is 3.11. The molecule has 0 aromatic carbocycles. The lowest BCUT2D eigenvalue weighted by molar-refractivity contribution is -0.160. The van der Waals surface area contributed by atoms with Gasteiger partial charge in [0.15, 0.2) is 0 Å². The standard InChI is InChI=1S/C15H27NO3/c1-10-13(16)7-6-12(15(10,2)3)14(17)19-9-11-5-4-8-18-11/h10-13H,4-9,16H2,1-3H3. The lowest BCUT2D eigenvalue weighted by Crippen LogP contribution is -2.49. The van der Waals surface area contributed by atoms with E-state index in [1.54, 1.807) is 0 Å². The van der Waals surface area contributed by atoms with Crippen LogP contribution in [0.3, 0.4) is 0 Å². The first kappa shape index (κ1) is 14.8. The van der Waals surface area contributed by atoms with Gasteiger partial charge in [-0.2, -0.15) is 0 Å². The molecule has 2 rings (SSSR count). The first-order chi connectivity index (χ1) is 8.93. The van der Waals surface area contributed by atoms with Crippen LogP contribution in [-0.2, 0) is 14.3 Å². The normalized spacial score (nSPS) is 38.1. The van der Waals surface area contributed by atoms with E-state index in [4.69, 9.17) is 15.2 Å². The molecular weight excluding hydrogens is 242 g/mol. The first-order valence-corrected chi connectivity index (χ1v) is 7.46. The Hall–Kier alpha value is -0.610. The Morgan fingerprint density at radius 1 is 1.37 bits per heavy atom. The third-order valence-electron chi connectivity index (χ3n) is 5.22. The number of nitrogens with two attached hydrogens (primary N) is 1. The fourth-order valence-electron chi connectivity index (χ4n) is 3.32. The summed E-state index contributed by atoms with van der Waals surface area (Å²) in [5, 5.41) is 0. The molecule has 19 heavy (non-hydrogen) atoms. The van der Waals surface area contributed by atoms with Crippen molar-refractivity contribution in [3.63, 3.8) is 0 Å². The summed E-state index contributed by atoms with van der Waals surface area (Å²) in [4.78, 5) is 12.3. The SMILES string of the molecule is CC1C(N)CCC(C(=O)OCC2CCCO2)C1(C)C. The van der Waals surface area contributed by atoms with Gasteiger partial charge in [0.05, 0.1) is 12.0 Å². The van der Waals surface area contributed by atoms with Gasteiger partial charge in [0.25, 0.3) is 0 Å². The summed E-state index contributed by atoms with van der Waals surface area (Å²) in [6.07, 6.45) is 3.93. The van der Waals surface area contributed by atoms with E-state index in [-0.39, 0.29) is 29.4 Å². The minimum Gasteiger partial charge on any atom is -0.463 e. The molecule has 2 aliphatic rings. The minimum absolute atomic E-state index is 0.0382. The van der Waals surface area contributed by atoms with Crippen LogP contribution in [0.25, 0.3) is 0 Å². The van der Waals surface area contributed by atoms with E-state index >= 15 is 0 Å². The Bertz CT molecular complexity index is 323. The average Bonchev–Trinajstić information content (AvgIpc) is 2.86. The second kappa shape index (κ2) is 5.80. The fraction of sp³-hybridized carbons (Fsp3) is 0.933. The van der Waals surface area contributed by atoms with Gasteiger partial charge in [-0.05, 0) is 37.0 Å². The summed E-state index contributed by atoms with van der Waals surface area (Å²) in [6, 6.07) is 0.192. The zero-order valence-electron chi connectivity index (χ0n) is 12.4.